The van der Waals surface area contributed by atoms with E-state index in [0.29, 0.717) is 24.4 Å². The molecule has 0 amide bonds. The first-order chi connectivity index (χ1) is 22.3. The van der Waals surface area contributed by atoms with E-state index in [-0.39, 0.29) is 16.9 Å². The van der Waals surface area contributed by atoms with Crippen LogP contribution in [0.15, 0.2) is 104 Å². The van der Waals surface area contributed by atoms with E-state index >= 15 is 0 Å². The van der Waals surface area contributed by atoms with Gasteiger partial charge in [0.15, 0.2) is 0 Å². The van der Waals surface area contributed by atoms with Crippen molar-refractivity contribution in [3.8, 4) is 11.3 Å². The topological polar surface area (TPSA) is 239 Å². The predicted octanol–water partition coefficient (Wildman–Crippen LogP) is 3.74. The maximum atomic E-state index is 13.0. The van der Waals surface area contributed by atoms with E-state index in [1.165, 1.54) is 22.2 Å². The van der Waals surface area contributed by atoms with Gasteiger partial charge in [-0.3, -0.25) is 4.98 Å². The van der Waals surface area contributed by atoms with Gasteiger partial charge in [0.05, 0.1) is 28.3 Å². The van der Waals surface area contributed by atoms with E-state index in [2.05, 4.69) is 10.3 Å². The van der Waals surface area contributed by atoms with Gasteiger partial charge in [-0.05, 0) is 41.5 Å². The SMILES string of the molecule is CNc1cc(-c2ccccc2CN)n(S(=O)(=O)CC=Cc2cccnc2)c1.O=C(O)/C=C/C(=O)O.O=C(O)c1cccc(C(=O)O)c1. The average Bonchev–Trinajstić information content (AvgIpc) is 3.50. The predicted molar refractivity (Wildman–Crippen MR) is 175 cm³/mol. The number of carboxylic acid groups (broad SMARTS) is 4. The Bertz CT molecular complexity index is 1820. The Hall–Kier alpha value is -6.06. The summed E-state index contributed by atoms with van der Waals surface area (Å²) in [6, 6.07) is 18.2. The molecule has 0 aliphatic rings. The molecule has 0 radical (unpaired) electrons. The second kappa shape index (κ2) is 18.0. The fourth-order valence-electron chi connectivity index (χ4n) is 3.74. The Morgan fingerprint density at radius 1 is 0.872 bits per heavy atom. The number of hydrogen-bond donors (Lipinski definition) is 6. The number of aliphatic carboxylic acids is 2. The van der Waals surface area contributed by atoms with Gasteiger partial charge in [0.25, 0.3) is 0 Å². The van der Waals surface area contributed by atoms with Crippen LogP contribution < -0.4 is 11.1 Å². The normalized spacial score (nSPS) is 10.8. The largest absolute Gasteiger partial charge is 0.478 e. The molecular formula is C32H32N4O10S. The Kier molecular flexibility index (Phi) is 14.3. The van der Waals surface area contributed by atoms with Gasteiger partial charge < -0.3 is 31.5 Å². The number of anilines is 1. The lowest BCUT2D eigenvalue weighted by atomic mass is 10.1. The minimum absolute atomic E-state index is 0.0186. The van der Waals surface area contributed by atoms with Crippen molar-refractivity contribution in [2.75, 3.05) is 18.1 Å². The molecule has 246 valence electrons. The fraction of sp³-hybridized carbons (Fsp3) is 0.0938. The quantitative estimate of drug-likeness (QED) is 0.125. The van der Waals surface area contributed by atoms with Crippen molar-refractivity contribution in [3.05, 3.63) is 126 Å². The monoisotopic (exact) mass is 664 g/mol. The van der Waals surface area contributed by atoms with Crippen molar-refractivity contribution in [2.24, 2.45) is 5.73 Å². The highest BCUT2D eigenvalue weighted by Crippen LogP contribution is 2.29. The molecule has 4 rings (SSSR count). The molecule has 0 aliphatic heterocycles. The Balaban J connectivity index is 0.000000316. The Labute approximate surface area is 269 Å². The number of hydrogen-bond acceptors (Lipinski definition) is 9. The number of carboxylic acids is 4. The van der Waals surface area contributed by atoms with Gasteiger partial charge in [0, 0.05) is 49.9 Å². The van der Waals surface area contributed by atoms with E-state index in [1.54, 1.807) is 43.9 Å². The summed E-state index contributed by atoms with van der Waals surface area (Å²) in [4.78, 5) is 43.9. The molecule has 0 fully saturated rings. The molecule has 0 spiro atoms. The standard InChI is InChI=1S/C20H22N4O2S.C8H6O4.C4H4O4/c1-22-18-12-20(19-9-3-2-8-17(19)13-21)24(15-18)27(25,26)11-5-7-16-6-4-10-23-14-16;9-7(10)5-2-1-3-6(4-5)8(11)12;5-3(6)1-2-4(7)8/h2-10,12,14-15,22H,11,13,21H2,1H3;1-4H,(H,9,10)(H,11,12);1-2H,(H,5,6)(H,7,8)/b;;2-1+. The van der Waals surface area contributed by atoms with Gasteiger partial charge in [0.1, 0.15) is 0 Å². The zero-order valence-corrected chi connectivity index (χ0v) is 25.7. The fourth-order valence-corrected chi connectivity index (χ4v) is 4.97. The number of pyridine rings is 1. The first-order valence-corrected chi connectivity index (χ1v) is 15.1. The zero-order chi connectivity index (χ0) is 35.0. The molecule has 47 heavy (non-hydrogen) atoms. The number of aromatic nitrogens is 2. The molecule has 4 aromatic rings. The lowest BCUT2D eigenvalue weighted by molar-refractivity contribution is -0.134. The molecule has 15 heteroatoms. The molecule has 2 heterocycles. The van der Waals surface area contributed by atoms with Crippen LogP contribution in [0.3, 0.4) is 0 Å². The minimum Gasteiger partial charge on any atom is -0.478 e. The summed E-state index contributed by atoms with van der Waals surface area (Å²) in [5.74, 6) is -4.90. The summed E-state index contributed by atoms with van der Waals surface area (Å²) in [5.41, 5.74) is 9.66. The van der Waals surface area contributed by atoms with Crippen LogP contribution in [0.25, 0.3) is 17.3 Å². The summed E-state index contributed by atoms with van der Waals surface area (Å²) >= 11 is 0. The molecule has 7 N–H and O–H groups in total. The van der Waals surface area contributed by atoms with Crippen molar-refractivity contribution >= 4 is 45.7 Å². The second-order valence-electron chi connectivity index (χ2n) is 9.19. The number of benzene rings is 2. The van der Waals surface area contributed by atoms with Crippen LogP contribution in [-0.2, 0) is 26.2 Å². The molecule has 0 saturated carbocycles. The Morgan fingerprint density at radius 2 is 1.49 bits per heavy atom. The summed E-state index contributed by atoms with van der Waals surface area (Å²) in [6.45, 7) is 0.331. The third-order valence-electron chi connectivity index (χ3n) is 5.91. The van der Waals surface area contributed by atoms with E-state index in [0.717, 1.165) is 28.4 Å². The van der Waals surface area contributed by atoms with Gasteiger partial charge in [-0.15, -0.1) is 0 Å². The van der Waals surface area contributed by atoms with Gasteiger partial charge >= 0.3 is 23.9 Å². The van der Waals surface area contributed by atoms with Crippen molar-refractivity contribution in [2.45, 2.75) is 6.54 Å². The molecule has 0 bridgehead atoms. The zero-order valence-electron chi connectivity index (χ0n) is 24.9. The van der Waals surface area contributed by atoms with Crippen LogP contribution in [0.5, 0.6) is 0 Å². The van der Waals surface area contributed by atoms with E-state index in [9.17, 15) is 27.6 Å². The van der Waals surface area contributed by atoms with E-state index < -0.39 is 33.9 Å². The molecule has 0 unspecified atom stereocenters. The number of rotatable bonds is 11. The molecule has 2 aromatic carbocycles. The first kappa shape index (κ1) is 37.1. The van der Waals surface area contributed by atoms with E-state index in [4.69, 9.17) is 26.2 Å². The highest BCUT2D eigenvalue weighted by molar-refractivity contribution is 7.90. The second-order valence-corrected chi connectivity index (χ2v) is 11.1. The molecule has 0 saturated heterocycles. The number of nitrogens with two attached hydrogens (primary N) is 1. The maximum Gasteiger partial charge on any atom is 0.335 e. The van der Waals surface area contributed by atoms with Gasteiger partial charge in [-0.1, -0.05) is 48.6 Å². The molecule has 14 nitrogen and oxygen atoms in total. The third-order valence-corrected chi connectivity index (χ3v) is 7.43. The number of carbonyl (C=O) groups is 4. The summed E-state index contributed by atoms with van der Waals surface area (Å²) in [6.07, 6.45) is 9.44. The lowest BCUT2D eigenvalue weighted by Crippen LogP contribution is -2.16. The van der Waals surface area contributed by atoms with Gasteiger partial charge in [-0.25, -0.2) is 31.6 Å². The van der Waals surface area contributed by atoms with Crippen molar-refractivity contribution < 1.29 is 48.0 Å². The van der Waals surface area contributed by atoms with Gasteiger partial charge in [-0.2, -0.15) is 0 Å². The number of nitrogens with one attached hydrogen (secondary N) is 1. The van der Waals surface area contributed by atoms with Crippen molar-refractivity contribution in [1.82, 2.24) is 8.96 Å². The van der Waals surface area contributed by atoms with Gasteiger partial charge in [0.2, 0.25) is 10.0 Å². The minimum atomic E-state index is -3.59. The highest BCUT2D eigenvalue weighted by Gasteiger charge is 2.19. The molecule has 0 aliphatic carbocycles. The number of nitrogens with zero attached hydrogens (tertiary/aromatic N) is 2. The summed E-state index contributed by atoms with van der Waals surface area (Å²) in [5, 5.41) is 35.6. The lowest BCUT2D eigenvalue weighted by Gasteiger charge is -2.12. The third kappa shape index (κ3) is 12.1. The van der Waals surface area contributed by atoms with Crippen LogP contribution in [0, 0.1) is 0 Å². The molecular weight excluding hydrogens is 632 g/mol. The maximum absolute atomic E-state index is 13.0. The summed E-state index contributed by atoms with van der Waals surface area (Å²) < 4.78 is 27.3. The first-order valence-electron chi connectivity index (χ1n) is 13.5. The van der Waals surface area contributed by atoms with Crippen molar-refractivity contribution in [1.29, 1.82) is 0 Å². The molecule has 0 atom stereocenters. The summed E-state index contributed by atoms with van der Waals surface area (Å²) in [7, 11) is -1.84. The Morgan fingerprint density at radius 3 is 2.00 bits per heavy atom. The van der Waals surface area contributed by atoms with Crippen LogP contribution in [0.2, 0.25) is 0 Å². The average molecular weight is 665 g/mol. The smallest absolute Gasteiger partial charge is 0.335 e. The highest BCUT2D eigenvalue weighted by atomic mass is 32.2. The van der Waals surface area contributed by atoms with E-state index in [1.807, 2.05) is 36.4 Å². The molecule has 2 aromatic heterocycles. The van der Waals surface area contributed by atoms with Crippen LogP contribution in [0.4, 0.5) is 5.69 Å². The number of aromatic carboxylic acids is 2. The van der Waals surface area contributed by atoms with Crippen molar-refractivity contribution in [3.63, 3.8) is 0 Å². The van der Waals surface area contributed by atoms with Crippen LogP contribution >= 0.6 is 0 Å². The van der Waals surface area contributed by atoms with Crippen LogP contribution in [-0.4, -0.2) is 74.5 Å². The van der Waals surface area contributed by atoms with Crippen LogP contribution in [0.1, 0.15) is 31.8 Å².